The molecule has 0 N–H and O–H groups in total. The molecule has 2 rings (SSSR count). The molecule has 1 amide bonds. The van der Waals surface area contributed by atoms with Crippen LogP contribution in [0.2, 0.25) is 0 Å². The van der Waals surface area contributed by atoms with Crippen LogP contribution in [-0.4, -0.2) is 22.3 Å². The van der Waals surface area contributed by atoms with E-state index in [1.54, 1.807) is 4.90 Å². The van der Waals surface area contributed by atoms with Crippen molar-refractivity contribution in [3.63, 3.8) is 0 Å². The topological polar surface area (TPSA) is 63.5 Å². The standard InChI is InChI=1S/C14H13FN2O3S/c1-2-16(9-11-4-3-7-21-11)14(18)10-5-6-12(15)13(8-10)17(19)20/h3-8H,2,9H2,1H3. The summed E-state index contributed by atoms with van der Waals surface area (Å²) in [5.41, 5.74) is -0.575. The second-order valence-electron chi connectivity index (χ2n) is 4.32. The Morgan fingerprint density at radius 2 is 2.19 bits per heavy atom. The van der Waals surface area contributed by atoms with Gasteiger partial charge in [-0.2, -0.15) is 4.39 Å². The summed E-state index contributed by atoms with van der Waals surface area (Å²) < 4.78 is 13.3. The van der Waals surface area contributed by atoms with Gasteiger partial charge in [0.2, 0.25) is 5.82 Å². The maximum Gasteiger partial charge on any atom is 0.305 e. The number of hydrogen-bond acceptors (Lipinski definition) is 4. The van der Waals surface area contributed by atoms with Gasteiger partial charge in [0.25, 0.3) is 5.91 Å². The molecule has 1 aromatic heterocycles. The van der Waals surface area contributed by atoms with Crippen LogP contribution >= 0.6 is 11.3 Å². The Morgan fingerprint density at radius 3 is 2.76 bits per heavy atom. The normalized spacial score (nSPS) is 10.4. The highest BCUT2D eigenvalue weighted by atomic mass is 32.1. The Balaban J connectivity index is 2.25. The molecule has 0 spiro atoms. The largest absolute Gasteiger partial charge is 0.334 e. The van der Waals surface area contributed by atoms with Gasteiger partial charge in [0.1, 0.15) is 0 Å². The molecular formula is C14H13FN2O3S. The summed E-state index contributed by atoms with van der Waals surface area (Å²) in [6, 6.07) is 7.00. The zero-order valence-electron chi connectivity index (χ0n) is 11.3. The number of nitro benzene ring substituents is 1. The average molecular weight is 308 g/mol. The molecule has 0 radical (unpaired) electrons. The van der Waals surface area contributed by atoms with E-state index in [1.807, 2.05) is 24.4 Å². The first-order valence-corrected chi connectivity index (χ1v) is 7.16. The van der Waals surface area contributed by atoms with Gasteiger partial charge < -0.3 is 4.90 Å². The predicted octanol–water partition coefficient (Wildman–Crippen LogP) is 3.46. The SMILES string of the molecule is CCN(Cc1cccs1)C(=O)c1ccc(F)c([N+](=O)[O-])c1. The fourth-order valence-electron chi connectivity index (χ4n) is 1.89. The summed E-state index contributed by atoms with van der Waals surface area (Å²) in [4.78, 5) is 24.9. The van der Waals surface area contributed by atoms with Crippen LogP contribution in [0, 0.1) is 15.9 Å². The molecule has 1 heterocycles. The number of rotatable bonds is 5. The van der Waals surface area contributed by atoms with E-state index >= 15 is 0 Å². The number of halogens is 1. The van der Waals surface area contributed by atoms with E-state index in [2.05, 4.69) is 0 Å². The van der Waals surface area contributed by atoms with Gasteiger partial charge >= 0.3 is 5.69 Å². The maximum absolute atomic E-state index is 13.3. The fourth-order valence-corrected chi connectivity index (χ4v) is 2.61. The molecule has 2 aromatic rings. The lowest BCUT2D eigenvalue weighted by Gasteiger charge is -2.20. The molecular weight excluding hydrogens is 295 g/mol. The van der Waals surface area contributed by atoms with Crippen LogP contribution in [0.5, 0.6) is 0 Å². The van der Waals surface area contributed by atoms with Gasteiger partial charge in [-0.15, -0.1) is 11.3 Å². The fraction of sp³-hybridized carbons (Fsp3) is 0.214. The highest BCUT2D eigenvalue weighted by molar-refractivity contribution is 7.09. The van der Waals surface area contributed by atoms with Crippen molar-refractivity contribution in [2.45, 2.75) is 13.5 Å². The molecule has 0 aliphatic rings. The molecule has 0 bridgehead atoms. The van der Waals surface area contributed by atoms with Crippen molar-refractivity contribution in [1.82, 2.24) is 4.90 Å². The van der Waals surface area contributed by atoms with Crippen LogP contribution in [0.25, 0.3) is 0 Å². The first kappa shape index (κ1) is 15.1. The van der Waals surface area contributed by atoms with Gasteiger partial charge in [0.05, 0.1) is 11.5 Å². The van der Waals surface area contributed by atoms with Crippen molar-refractivity contribution >= 4 is 22.9 Å². The van der Waals surface area contributed by atoms with E-state index in [-0.39, 0.29) is 11.5 Å². The van der Waals surface area contributed by atoms with Gasteiger partial charge in [-0.05, 0) is 30.5 Å². The molecule has 1 aromatic carbocycles. The third-order valence-electron chi connectivity index (χ3n) is 2.99. The Labute approximate surface area is 124 Å². The molecule has 0 atom stereocenters. The number of thiophene rings is 1. The molecule has 5 nitrogen and oxygen atoms in total. The second kappa shape index (κ2) is 6.45. The number of benzene rings is 1. The monoisotopic (exact) mass is 308 g/mol. The smallest absolute Gasteiger partial charge is 0.305 e. The summed E-state index contributed by atoms with van der Waals surface area (Å²) in [6.45, 7) is 2.71. The number of carbonyl (C=O) groups is 1. The summed E-state index contributed by atoms with van der Waals surface area (Å²) in [5.74, 6) is -1.30. The van der Waals surface area contributed by atoms with Gasteiger partial charge in [-0.1, -0.05) is 6.07 Å². The predicted molar refractivity (Wildman–Crippen MR) is 77.8 cm³/mol. The molecule has 21 heavy (non-hydrogen) atoms. The average Bonchev–Trinajstić information content (AvgIpc) is 2.97. The first-order chi connectivity index (χ1) is 10.0. The van der Waals surface area contributed by atoms with E-state index in [1.165, 1.54) is 17.4 Å². The van der Waals surface area contributed by atoms with Gasteiger partial charge in [0.15, 0.2) is 0 Å². The van der Waals surface area contributed by atoms with E-state index in [0.717, 1.165) is 17.0 Å². The minimum absolute atomic E-state index is 0.113. The highest BCUT2D eigenvalue weighted by Gasteiger charge is 2.20. The van der Waals surface area contributed by atoms with Crippen LogP contribution in [-0.2, 0) is 6.54 Å². The van der Waals surface area contributed by atoms with Crippen LogP contribution in [0.3, 0.4) is 0 Å². The van der Waals surface area contributed by atoms with E-state index in [4.69, 9.17) is 0 Å². The van der Waals surface area contributed by atoms with Crippen molar-refractivity contribution in [2.24, 2.45) is 0 Å². The highest BCUT2D eigenvalue weighted by Crippen LogP contribution is 2.20. The van der Waals surface area contributed by atoms with Gasteiger partial charge in [0, 0.05) is 23.1 Å². The quantitative estimate of drug-likeness (QED) is 0.627. The summed E-state index contributed by atoms with van der Waals surface area (Å²) in [5, 5.41) is 12.6. The molecule has 0 fully saturated rings. The van der Waals surface area contributed by atoms with Crippen LogP contribution in [0.1, 0.15) is 22.2 Å². The number of hydrogen-bond donors (Lipinski definition) is 0. The molecule has 110 valence electrons. The van der Waals surface area contributed by atoms with Crippen LogP contribution in [0.4, 0.5) is 10.1 Å². The Bertz CT molecular complexity index is 658. The molecule has 7 heteroatoms. The van der Waals surface area contributed by atoms with Crippen LogP contribution in [0.15, 0.2) is 35.7 Å². The van der Waals surface area contributed by atoms with Crippen molar-refractivity contribution in [2.75, 3.05) is 6.54 Å². The summed E-state index contributed by atoms with van der Waals surface area (Å²) in [6.07, 6.45) is 0. The molecule has 0 saturated carbocycles. The Morgan fingerprint density at radius 1 is 1.43 bits per heavy atom. The van der Waals surface area contributed by atoms with Crippen molar-refractivity contribution in [3.05, 3.63) is 62.1 Å². The Kier molecular flexibility index (Phi) is 4.64. The third-order valence-corrected chi connectivity index (χ3v) is 3.85. The van der Waals surface area contributed by atoms with Crippen molar-refractivity contribution < 1.29 is 14.1 Å². The number of nitrogens with zero attached hydrogens (tertiary/aromatic N) is 2. The van der Waals surface area contributed by atoms with Crippen molar-refractivity contribution in [1.29, 1.82) is 0 Å². The molecule has 0 unspecified atom stereocenters. The lowest BCUT2D eigenvalue weighted by Crippen LogP contribution is -2.30. The third kappa shape index (κ3) is 3.43. The summed E-state index contributed by atoms with van der Waals surface area (Å²) >= 11 is 1.53. The molecule has 0 aliphatic carbocycles. The van der Waals surface area contributed by atoms with E-state index in [0.29, 0.717) is 13.1 Å². The minimum Gasteiger partial charge on any atom is -0.334 e. The zero-order valence-corrected chi connectivity index (χ0v) is 12.1. The van der Waals surface area contributed by atoms with Crippen molar-refractivity contribution in [3.8, 4) is 0 Å². The number of amides is 1. The van der Waals surface area contributed by atoms with Gasteiger partial charge in [-0.25, -0.2) is 0 Å². The number of carbonyl (C=O) groups excluding carboxylic acids is 1. The molecule has 0 saturated heterocycles. The summed E-state index contributed by atoms with van der Waals surface area (Å²) in [7, 11) is 0. The number of nitro groups is 1. The molecule has 0 aliphatic heterocycles. The maximum atomic E-state index is 13.3. The zero-order chi connectivity index (χ0) is 15.4. The minimum atomic E-state index is -0.946. The van der Waals surface area contributed by atoms with Gasteiger partial charge in [-0.3, -0.25) is 14.9 Å². The van der Waals surface area contributed by atoms with Crippen LogP contribution < -0.4 is 0 Å². The van der Waals surface area contributed by atoms with E-state index < -0.39 is 16.4 Å². The lowest BCUT2D eigenvalue weighted by atomic mass is 10.1. The lowest BCUT2D eigenvalue weighted by molar-refractivity contribution is -0.387. The second-order valence-corrected chi connectivity index (χ2v) is 5.35. The Hall–Kier alpha value is -2.28. The van der Waals surface area contributed by atoms with E-state index in [9.17, 15) is 19.3 Å². The first-order valence-electron chi connectivity index (χ1n) is 6.28.